The normalized spacial score (nSPS) is 17.0. The van der Waals surface area contributed by atoms with Crippen LogP contribution in [0.4, 0.5) is 10.1 Å². The SMILES string of the molecule is N#CCC1CN(S(=O)(=O)c2ccc(F)cc2)c2ccccc2O1. The van der Waals surface area contributed by atoms with Crippen molar-refractivity contribution in [1.82, 2.24) is 0 Å². The second-order valence-corrected chi connectivity index (χ2v) is 6.92. The molecular formula is C16H13FN2O3S. The van der Waals surface area contributed by atoms with Crippen molar-refractivity contribution in [1.29, 1.82) is 5.26 Å². The van der Waals surface area contributed by atoms with Crippen LogP contribution in [-0.2, 0) is 10.0 Å². The van der Waals surface area contributed by atoms with E-state index >= 15 is 0 Å². The van der Waals surface area contributed by atoms with Crippen LogP contribution in [0.3, 0.4) is 0 Å². The molecule has 5 nitrogen and oxygen atoms in total. The predicted molar refractivity (Wildman–Crippen MR) is 82.0 cm³/mol. The van der Waals surface area contributed by atoms with Crippen LogP contribution in [-0.4, -0.2) is 21.1 Å². The molecule has 0 saturated heterocycles. The number of benzene rings is 2. The lowest BCUT2D eigenvalue weighted by atomic mass is 10.2. The van der Waals surface area contributed by atoms with E-state index in [1.165, 1.54) is 16.4 Å². The average Bonchev–Trinajstić information content (AvgIpc) is 2.55. The van der Waals surface area contributed by atoms with Crippen LogP contribution in [0.25, 0.3) is 0 Å². The number of rotatable bonds is 3. The molecule has 1 unspecified atom stereocenters. The van der Waals surface area contributed by atoms with E-state index in [0.29, 0.717) is 11.4 Å². The molecule has 1 heterocycles. The Balaban J connectivity index is 2.06. The van der Waals surface area contributed by atoms with Gasteiger partial charge < -0.3 is 4.74 Å². The van der Waals surface area contributed by atoms with E-state index in [1.807, 2.05) is 6.07 Å². The summed E-state index contributed by atoms with van der Waals surface area (Å²) in [6.07, 6.45) is -0.478. The van der Waals surface area contributed by atoms with E-state index < -0.39 is 21.9 Å². The largest absolute Gasteiger partial charge is 0.485 e. The second kappa shape index (κ2) is 5.89. The quantitative estimate of drug-likeness (QED) is 0.866. The zero-order valence-electron chi connectivity index (χ0n) is 12.0. The van der Waals surface area contributed by atoms with Crippen molar-refractivity contribution in [2.24, 2.45) is 0 Å². The molecule has 2 aromatic carbocycles. The van der Waals surface area contributed by atoms with Crippen LogP contribution in [0.2, 0.25) is 0 Å². The molecule has 23 heavy (non-hydrogen) atoms. The Morgan fingerprint density at radius 3 is 2.61 bits per heavy atom. The molecule has 0 saturated carbocycles. The Labute approximate surface area is 133 Å². The highest BCUT2D eigenvalue weighted by Crippen LogP contribution is 2.37. The molecule has 1 aliphatic heterocycles. The monoisotopic (exact) mass is 332 g/mol. The number of ether oxygens (including phenoxy) is 1. The minimum atomic E-state index is -3.87. The molecule has 3 rings (SSSR count). The number of nitrogens with zero attached hydrogens (tertiary/aromatic N) is 2. The smallest absolute Gasteiger partial charge is 0.264 e. The molecule has 118 valence electrons. The third-order valence-corrected chi connectivity index (χ3v) is 5.31. The highest BCUT2D eigenvalue weighted by atomic mass is 32.2. The first-order valence-corrected chi connectivity index (χ1v) is 8.37. The standard InChI is InChI=1S/C16H13FN2O3S/c17-12-5-7-14(8-6-12)23(20,21)19-11-13(9-10-18)22-16-4-2-1-3-15(16)19/h1-8,13H,9,11H2. The molecule has 0 spiro atoms. The molecule has 7 heteroatoms. The summed E-state index contributed by atoms with van der Waals surface area (Å²) in [6, 6.07) is 13.4. The predicted octanol–water partition coefficient (Wildman–Crippen LogP) is 2.70. The Morgan fingerprint density at radius 2 is 1.91 bits per heavy atom. The number of hydrogen-bond acceptors (Lipinski definition) is 4. The van der Waals surface area contributed by atoms with E-state index in [4.69, 9.17) is 10.00 Å². The summed E-state index contributed by atoms with van der Waals surface area (Å²) < 4.78 is 45.7. The van der Waals surface area contributed by atoms with Crippen molar-refractivity contribution < 1.29 is 17.5 Å². The topological polar surface area (TPSA) is 70.4 Å². The van der Waals surface area contributed by atoms with Gasteiger partial charge in [0.25, 0.3) is 10.0 Å². The lowest BCUT2D eigenvalue weighted by Gasteiger charge is -2.34. The van der Waals surface area contributed by atoms with Gasteiger partial charge in [0.15, 0.2) is 0 Å². The van der Waals surface area contributed by atoms with E-state index in [1.54, 1.807) is 24.3 Å². The molecule has 1 atom stereocenters. The Bertz CT molecular complexity index is 860. The van der Waals surface area contributed by atoms with Crippen LogP contribution in [0, 0.1) is 17.1 Å². The summed E-state index contributed by atoms with van der Waals surface area (Å²) in [7, 11) is -3.87. The first-order chi connectivity index (χ1) is 11.0. The number of halogens is 1. The molecule has 1 aliphatic rings. The van der Waals surface area contributed by atoms with Gasteiger partial charge in [-0.2, -0.15) is 5.26 Å². The third-order valence-electron chi connectivity index (χ3n) is 3.52. The van der Waals surface area contributed by atoms with Crippen molar-refractivity contribution in [2.75, 3.05) is 10.8 Å². The summed E-state index contributed by atoms with van der Waals surface area (Å²) in [5.74, 6) is -0.0987. The van der Waals surface area contributed by atoms with Crippen molar-refractivity contribution >= 4 is 15.7 Å². The fourth-order valence-electron chi connectivity index (χ4n) is 2.43. The van der Waals surface area contributed by atoms with Gasteiger partial charge >= 0.3 is 0 Å². The van der Waals surface area contributed by atoms with Gasteiger partial charge in [0.05, 0.1) is 29.6 Å². The van der Waals surface area contributed by atoms with Gasteiger partial charge in [0.1, 0.15) is 17.7 Å². The molecule has 2 aromatic rings. The highest BCUT2D eigenvalue weighted by molar-refractivity contribution is 7.92. The van der Waals surface area contributed by atoms with E-state index in [-0.39, 0.29) is 17.9 Å². The van der Waals surface area contributed by atoms with E-state index in [0.717, 1.165) is 12.1 Å². The molecule has 0 bridgehead atoms. The summed E-state index contributed by atoms with van der Waals surface area (Å²) >= 11 is 0. The van der Waals surface area contributed by atoms with Crippen LogP contribution in [0.1, 0.15) is 6.42 Å². The van der Waals surface area contributed by atoms with Crippen molar-refractivity contribution in [3.8, 4) is 11.8 Å². The summed E-state index contributed by atoms with van der Waals surface area (Å²) in [5.41, 5.74) is 0.408. The Hall–Kier alpha value is -2.59. The minimum absolute atomic E-state index is 0.00805. The van der Waals surface area contributed by atoms with Gasteiger partial charge in [0, 0.05) is 0 Å². The number of para-hydroxylation sites is 2. The zero-order valence-corrected chi connectivity index (χ0v) is 12.8. The van der Waals surface area contributed by atoms with Crippen LogP contribution in [0.15, 0.2) is 53.4 Å². The summed E-state index contributed by atoms with van der Waals surface area (Å²) in [5, 5.41) is 8.86. The van der Waals surface area contributed by atoms with Gasteiger partial charge in [-0.3, -0.25) is 4.31 Å². The van der Waals surface area contributed by atoms with Crippen LogP contribution >= 0.6 is 0 Å². The molecule has 0 radical (unpaired) electrons. The molecular weight excluding hydrogens is 319 g/mol. The Kier molecular flexibility index (Phi) is 3.92. The maximum atomic E-state index is 13.1. The lowest BCUT2D eigenvalue weighted by Crippen LogP contribution is -2.43. The van der Waals surface area contributed by atoms with E-state index in [9.17, 15) is 12.8 Å². The maximum Gasteiger partial charge on any atom is 0.264 e. The van der Waals surface area contributed by atoms with Crippen LogP contribution in [0.5, 0.6) is 5.75 Å². The molecule has 0 aliphatic carbocycles. The second-order valence-electron chi connectivity index (χ2n) is 5.06. The Morgan fingerprint density at radius 1 is 1.22 bits per heavy atom. The first-order valence-electron chi connectivity index (χ1n) is 6.93. The molecule has 0 amide bonds. The van der Waals surface area contributed by atoms with Gasteiger partial charge in [0.2, 0.25) is 0 Å². The fraction of sp³-hybridized carbons (Fsp3) is 0.188. The zero-order chi connectivity index (χ0) is 16.4. The summed E-state index contributed by atoms with van der Waals surface area (Å²) in [4.78, 5) is -0.00805. The number of anilines is 1. The molecule has 0 fully saturated rings. The van der Waals surface area contributed by atoms with Crippen molar-refractivity contribution in [2.45, 2.75) is 17.4 Å². The highest BCUT2D eigenvalue weighted by Gasteiger charge is 2.34. The first kappa shape index (κ1) is 15.3. The van der Waals surface area contributed by atoms with Gasteiger partial charge in [-0.25, -0.2) is 12.8 Å². The van der Waals surface area contributed by atoms with Gasteiger partial charge in [-0.05, 0) is 36.4 Å². The lowest BCUT2D eigenvalue weighted by molar-refractivity contribution is 0.205. The number of nitriles is 1. The van der Waals surface area contributed by atoms with Gasteiger partial charge in [-0.15, -0.1) is 0 Å². The number of hydrogen-bond donors (Lipinski definition) is 0. The van der Waals surface area contributed by atoms with Crippen molar-refractivity contribution in [3.05, 3.63) is 54.3 Å². The molecule has 0 aromatic heterocycles. The fourth-order valence-corrected chi connectivity index (χ4v) is 3.94. The third kappa shape index (κ3) is 2.85. The average molecular weight is 332 g/mol. The summed E-state index contributed by atoms with van der Waals surface area (Å²) in [6.45, 7) is 0.0320. The van der Waals surface area contributed by atoms with Crippen LogP contribution < -0.4 is 9.04 Å². The van der Waals surface area contributed by atoms with Crippen molar-refractivity contribution in [3.63, 3.8) is 0 Å². The number of fused-ring (bicyclic) bond motifs is 1. The minimum Gasteiger partial charge on any atom is -0.485 e. The maximum absolute atomic E-state index is 13.1. The van der Waals surface area contributed by atoms with E-state index in [2.05, 4.69) is 0 Å². The van der Waals surface area contributed by atoms with Gasteiger partial charge in [-0.1, -0.05) is 12.1 Å². The number of sulfonamides is 1. The molecule has 0 N–H and O–H groups in total.